The van der Waals surface area contributed by atoms with Crippen molar-refractivity contribution in [2.45, 2.75) is 50.5 Å². The van der Waals surface area contributed by atoms with Gasteiger partial charge in [0.15, 0.2) is 0 Å². The van der Waals surface area contributed by atoms with Gasteiger partial charge >= 0.3 is 0 Å². The Balaban J connectivity index is 1.62. The highest BCUT2D eigenvalue weighted by molar-refractivity contribution is 5.78. The lowest BCUT2D eigenvalue weighted by Crippen LogP contribution is -2.42. The molecule has 0 aliphatic heterocycles. The first-order chi connectivity index (χ1) is 9.69. The van der Waals surface area contributed by atoms with Crippen LogP contribution >= 0.6 is 0 Å². The lowest BCUT2D eigenvalue weighted by molar-refractivity contribution is -0.127. The Morgan fingerprint density at radius 2 is 2.00 bits per heavy atom. The molecule has 1 amide bonds. The maximum atomic E-state index is 12.2. The molecule has 2 aliphatic carbocycles. The number of carbonyl (C=O) groups excluding carboxylic acids is 1. The Labute approximate surface area is 120 Å². The van der Waals surface area contributed by atoms with Crippen LogP contribution in [0.2, 0.25) is 0 Å². The standard InChI is InChI=1S/C17H23NO2/c19-16(14-7-2-1-3-8-14)18-12-17(20)11-10-13-6-4-5-9-15(13)17/h4-6,9,14,20H,1-3,7-8,10-12H2,(H,18,19). The summed E-state index contributed by atoms with van der Waals surface area (Å²) in [5, 5.41) is 13.8. The Morgan fingerprint density at radius 3 is 2.80 bits per heavy atom. The number of benzene rings is 1. The highest BCUT2D eigenvalue weighted by Gasteiger charge is 2.37. The second-order valence-electron chi connectivity index (χ2n) is 6.24. The number of nitrogens with one attached hydrogen (secondary N) is 1. The molecule has 2 aliphatic rings. The Morgan fingerprint density at radius 1 is 1.25 bits per heavy atom. The van der Waals surface area contributed by atoms with E-state index in [1.165, 1.54) is 12.0 Å². The van der Waals surface area contributed by atoms with E-state index in [0.29, 0.717) is 13.0 Å². The third-order valence-corrected chi connectivity index (χ3v) is 4.86. The fourth-order valence-electron chi connectivity index (χ4n) is 3.59. The van der Waals surface area contributed by atoms with E-state index < -0.39 is 5.60 Å². The van der Waals surface area contributed by atoms with Gasteiger partial charge < -0.3 is 10.4 Å². The van der Waals surface area contributed by atoms with E-state index in [-0.39, 0.29) is 11.8 Å². The van der Waals surface area contributed by atoms with Gasteiger partial charge in [0, 0.05) is 5.92 Å². The van der Waals surface area contributed by atoms with Crippen LogP contribution in [0.15, 0.2) is 24.3 Å². The lowest BCUT2D eigenvalue weighted by Gasteiger charge is -2.27. The summed E-state index contributed by atoms with van der Waals surface area (Å²) in [5.41, 5.74) is 1.33. The van der Waals surface area contributed by atoms with Gasteiger partial charge in [-0.1, -0.05) is 43.5 Å². The van der Waals surface area contributed by atoms with Crippen LogP contribution in [0.3, 0.4) is 0 Å². The molecule has 1 atom stereocenters. The second kappa shape index (κ2) is 5.57. The Kier molecular flexibility index (Phi) is 3.79. The van der Waals surface area contributed by atoms with Gasteiger partial charge in [0.25, 0.3) is 0 Å². The van der Waals surface area contributed by atoms with Crippen molar-refractivity contribution in [2.75, 3.05) is 6.54 Å². The summed E-state index contributed by atoms with van der Waals surface area (Å²) in [6.45, 7) is 0.347. The summed E-state index contributed by atoms with van der Waals surface area (Å²) in [6.07, 6.45) is 7.17. The SMILES string of the molecule is O=C(NCC1(O)CCc2ccccc21)C1CCCCC1. The molecule has 0 radical (unpaired) electrons. The summed E-state index contributed by atoms with van der Waals surface area (Å²) < 4.78 is 0. The normalized spacial score (nSPS) is 26.2. The average molecular weight is 273 g/mol. The van der Waals surface area contributed by atoms with Crippen molar-refractivity contribution in [3.63, 3.8) is 0 Å². The third-order valence-electron chi connectivity index (χ3n) is 4.86. The summed E-state index contributed by atoms with van der Waals surface area (Å²) >= 11 is 0. The molecule has 0 bridgehead atoms. The van der Waals surface area contributed by atoms with Crippen molar-refractivity contribution >= 4 is 5.91 Å². The molecule has 108 valence electrons. The molecule has 2 N–H and O–H groups in total. The van der Waals surface area contributed by atoms with Crippen LogP contribution in [-0.4, -0.2) is 17.6 Å². The topological polar surface area (TPSA) is 49.3 Å². The molecule has 0 aromatic heterocycles. The van der Waals surface area contributed by atoms with Crippen LogP contribution in [0.4, 0.5) is 0 Å². The van der Waals surface area contributed by atoms with Crippen LogP contribution in [-0.2, 0) is 16.8 Å². The summed E-state index contributed by atoms with van der Waals surface area (Å²) in [6, 6.07) is 8.01. The molecule has 20 heavy (non-hydrogen) atoms. The lowest BCUT2D eigenvalue weighted by atomic mass is 9.88. The summed E-state index contributed by atoms with van der Waals surface area (Å²) in [5.74, 6) is 0.284. The van der Waals surface area contributed by atoms with E-state index in [1.54, 1.807) is 0 Å². The van der Waals surface area contributed by atoms with E-state index in [4.69, 9.17) is 0 Å². The first-order valence-electron chi connectivity index (χ1n) is 7.77. The van der Waals surface area contributed by atoms with Crippen molar-refractivity contribution in [1.82, 2.24) is 5.32 Å². The zero-order chi connectivity index (χ0) is 14.0. The molecule has 1 aromatic carbocycles. The first kappa shape index (κ1) is 13.6. The van der Waals surface area contributed by atoms with Gasteiger partial charge in [0.05, 0.1) is 6.54 Å². The van der Waals surface area contributed by atoms with Crippen molar-refractivity contribution in [1.29, 1.82) is 0 Å². The van der Waals surface area contributed by atoms with E-state index >= 15 is 0 Å². The largest absolute Gasteiger partial charge is 0.383 e. The number of carbonyl (C=O) groups is 1. The minimum Gasteiger partial charge on any atom is -0.383 e. The van der Waals surface area contributed by atoms with Crippen molar-refractivity contribution in [3.8, 4) is 0 Å². The Bertz CT molecular complexity index is 494. The quantitative estimate of drug-likeness (QED) is 0.889. The zero-order valence-corrected chi connectivity index (χ0v) is 11.9. The summed E-state index contributed by atoms with van der Waals surface area (Å²) in [7, 11) is 0. The molecule has 1 fully saturated rings. The smallest absolute Gasteiger partial charge is 0.223 e. The molecule has 0 saturated heterocycles. The fraction of sp³-hybridized carbons (Fsp3) is 0.588. The number of amides is 1. The van der Waals surface area contributed by atoms with Crippen molar-refractivity contribution < 1.29 is 9.90 Å². The minimum absolute atomic E-state index is 0.127. The van der Waals surface area contributed by atoms with Gasteiger partial charge in [0.2, 0.25) is 5.91 Å². The van der Waals surface area contributed by atoms with E-state index in [9.17, 15) is 9.90 Å². The van der Waals surface area contributed by atoms with E-state index in [0.717, 1.165) is 37.7 Å². The van der Waals surface area contributed by atoms with Gasteiger partial charge in [-0.2, -0.15) is 0 Å². The molecule has 1 unspecified atom stereocenters. The van der Waals surface area contributed by atoms with Gasteiger partial charge in [-0.15, -0.1) is 0 Å². The van der Waals surface area contributed by atoms with Gasteiger partial charge in [-0.25, -0.2) is 0 Å². The van der Waals surface area contributed by atoms with Crippen molar-refractivity contribution in [2.24, 2.45) is 5.92 Å². The third kappa shape index (κ3) is 2.59. The average Bonchev–Trinajstić information content (AvgIpc) is 2.84. The molecule has 3 rings (SSSR count). The number of aryl methyl sites for hydroxylation is 1. The highest BCUT2D eigenvalue weighted by Crippen LogP contribution is 2.36. The molecular weight excluding hydrogens is 250 g/mol. The highest BCUT2D eigenvalue weighted by atomic mass is 16.3. The van der Waals surface area contributed by atoms with Gasteiger partial charge in [0.1, 0.15) is 5.60 Å². The maximum absolute atomic E-state index is 12.2. The zero-order valence-electron chi connectivity index (χ0n) is 11.9. The van der Waals surface area contributed by atoms with Crippen LogP contribution in [0, 0.1) is 5.92 Å². The minimum atomic E-state index is -0.874. The van der Waals surface area contributed by atoms with E-state index in [1.807, 2.05) is 18.2 Å². The molecule has 1 saturated carbocycles. The first-order valence-corrected chi connectivity index (χ1v) is 7.77. The fourth-order valence-corrected chi connectivity index (χ4v) is 3.59. The number of hydrogen-bond donors (Lipinski definition) is 2. The number of fused-ring (bicyclic) bond motifs is 1. The van der Waals surface area contributed by atoms with Crippen LogP contribution in [0.25, 0.3) is 0 Å². The molecule has 3 heteroatoms. The van der Waals surface area contributed by atoms with Crippen LogP contribution in [0.1, 0.15) is 49.7 Å². The second-order valence-corrected chi connectivity index (χ2v) is 6.24. The Hall–Kier alpha value is -1.35. The number of rotatable bonds is 3. The molecule has 3 nitrogen and oxygen atoms in total. The summed E-state index contributed by atoms with van der Waals surface area (Å²) in [4.78, 5) is 12.2. The molecule has 1 aromatic rings. The van der Waals surface area contributed by atoms with Crippen LogP contribution < -0.4 is 5.32 Å². The van der Waals surface area contributed by atoms with E-state index in [2.05, 4.69) is 11.4 Å². The molecule has 0 heterocycles. The van der Waals surface area contributed by atoms with Crippen LogP contribution in [0.5, 0.6) is 0 Å². The molecule has 0 spiro atoms. The number of hydrogen-bond acceptors (Lipinski definition) is 2. The number of aliphatic hydroxyl groups is 1. The maximum Gasteiger partial charge on any atom is 0.223 e. The predicted molar refractivity (Wildman–Crippen MR) is 78.2 cm³/mol. The predicted octanol–water partition coefficient (Wildman–Crippen LogP) is 2.52. The molecular formula is C17H23NO2. The van der Waals surface area contributed by atoms with Crippen molar-refractivity contribution in [3.05, 3.63) is 35.4 Å². The monoisotopic (exact) mass is 273 g/mol. The van der Waals surface area contributed by atoms with Gasteiger partial charge in [-0.05, 0) is 36.8 Å². The van der Waals surface area contributed by atoms with Gasteiger partial charge in [-0.3, -0.25) is 4.79 Å².